The number of H-pyrrole nitrogens is 1. The second kappa shape index (κ2) is 5.76. The van der Waals surface area contributed by atoms with Gasteiger partial charge in [0.25, 0.3) is 0 Å². The number of hydrogen-bond donors (Lipinski definition) is 2. The Morgan fingerprint density at radius 3 is 2.82 bits per heavy atom. The third kappa shape index (κ3) is 2.88. The highest BCUT2D eigenvalue weighted by Gasteiger charge is 2.33. The lowest BCUT2D eigenvalue weighted by atomic mass is 10.0. The van der Waals surface area contributed by atoms with Crippen molar-refractivity contribution in [2.45, 2.75) is 44.6 Å². The Labute approximate surface area is 131 Å². The summed E-state index contributed by atoms with van der Waals surface area (Å²) in [5, 5.41) is 11.6. The topological polar surface area (TPSA) is 56.3 Å². The minimum Gasteiger partial charge on any atom is -0.388 e. The second-order valence-corrected chi connectivity index (χ2v) is 6.67. The van der Waals surface area contributed by atoms with Crippen LogP contribution in [0.1, 0.15) is 36.8 Å². The fourth-order valence-corrected chi connectivity index (χ4v) is 3.61. The van der Waals surface area contributed by atoms with Gasteiger partial charge in [0.15, 0.2) is 0 Å². The van der Waals surface area contributed by atoms with Gasteiger partial charge in [0.2, 0.25) is 5.91 Å². The quantitative estimate of drug-likeness (QED) is 0.912. The normalized spacial score (nSPS) is 17.0. The first-order chi connectivity index (χ1) is 10.5. The highest BCUT2D eigenvalue weighted by atomic mass is 16.3. The molecule has 1 aromatic heterocycles. The van der Waals surface area contributed by atoms with E-state index in [0.29, 0.717) is 13.0 Å². The Morgan fingerprint density at radius 2 is 2.09 bits per heavy atom. The minimum atomic E-state index is -0.680. The van der Waals surface area contributed by atoms with Crippen LogP contribution >= 0.6 is 0 Å². The van der Waals surface area contributed by atoms with E-state index < -0.39 is 5.60 Å². The van der Waals surface area contributed by atoms with E-state index in [9.17, 15) is 9.90 Å². The summed E-state index contributed by atoms with van der Waals surface area (Å²) in [5.74, 6) is 0.0597. The number of carbonyl (C=O) groups excluding carboxylic acids is 1. The molecular formula is C18H24N2O2. The second-order valence-electron chi connectivity index (χ2n) is 6.67. The summed E-state index contributed by atoms with van der Waals surface area (Å²) in [4.78, 5) is 17.4. The van der Waals surface area contributed by atoms with E-state index >= 15 is 0 Å². The molecular weight excluding hydrogens is 276 g/mol. The van der Waals surface area contributed by atoms with Crippen LogP contribution in [0.4, 0.5) is 0 Å². The number of aromatic nitrogens is 1. The van der Waals surface area contributed by atoms with Gasteiger partial charge in [-0.1, -0.05) is 25.0 Å². The van der Waals surface area contributed by atoms with Crippen molar-refractivity contribution in [3.05, 3.63) is 35.5 Å². The molecule has 0 spiro atoms. The van der Waals surface area contributed by atoms with Crippen LogP contribution in [0.5, 0.6) is 0 Å². The molecule has 118 valence electrons. The van der Waals surface area contributed by atoms with E-state index in [1.165, 1.54) is 5.56 Å². The van der Waals surface area contributed by atoms with Crippen molar-refractivity contribution >= 4 is 16.8 Å². The van der Waals surface area contributed by atoms with Crippen molar-refractivity contribution in [2.24, 2.45) is 0 Å². The first-order valence-corrected chi connectivity index (χ1v) is 8.00. The molecule has 4 heteroatoms. The van der Waals surface area contributed by atoms with Gasteiger partial charge in [0, 0.05) is 30.7 Å². The van der Waals surface area contributed by atoms with Crippen molar-refractivity contribution in [3.63, 3.8) is 0 Å². The molecule has 4 nitrogen and oxygen atoms in total. The number of likely N-dealkylation sites (N-methyl/N-ethyl adjacent to an activating group) is 1. The van der Waals surface area contributed by atoms with E-state index in [1.807, 2.05) is 18.3 Å². The predicted molar refractivity (Wildman–Crippen MR) is 87.8 cm³/mol. The molecule has 1 saturated carbocycles. The van der Waals surface area contributed by atoms with E-state index in [2.05, 4.69) is 18.0 Å². The zero-order valence-corrected chi connectivity index (χ0v) is 13.4. The first-order valence-electron chi connectivity index (χ1n) is 8.00. The Balaban J connectivity index is 1.73. The maximum atomic E-state index is 12.5. The molecule has 2 aromatic rings. The molecule has 0 bridgehead atoms. The smallest absolute Gasteiger partial charge is 0.226 e. The third-order valence-corrected chi connectivity index (χ3v) is 4.83. The number of amides is 1. The Kier molecular flexibility index (Phi) is 3.96. The molecule has 0 saturated heterocycles. The fraction of sp³-hybridized carbons (Fsp3) is 0.500. The summed E-state index contributed by atoms with van der Waals surface area (Å²) in [7, 11) is 1.79. The number of nitrogens with one attached hydrogen (secondary N) is 1. The van der Waals surface area contributed by atoms with Crippen molar-refractivity contribution in [2.75, 3.05) is 13.6 Å². The SMILES string of the molecule is Cc1cccc2[nH]cc(CC(=O)N(C)CC3(O)CCCC3)c12. The number of aliphatic hydroxyl groups is 1. The van der Waals surface area contributed by atoms with Gasteiger partial charge in [-0.25, -0.2) is 0 Å². The molecule has 1 aliphatic carbocycles. The largest absolute Gasteiger partial charge is 0.388 e. The summed E-state index contributed by atoms with van der Waals surface area (Å²) in [6.07, 6.45) is 6.01. The number of hydrogen-bond acceptors (Lipinski definition) is 2. The van der Waals surface area contributed by atoms with Gasteiger partial charge >= 0.3 is 0 Å². The van der Waals surface area contributed by atoms with Crippen LogP contribution in [0.3, 0.4) is 0 Å². The standard InChI is InChI=1S/C18H24N2O2/c1-13-6-5-7-15-17(13)14(11-19-15)10-16(21)20(2)12-18(22)8-3-4-9-18/h5-7,11,19,22H,3-4,8-10,12H2,1-2H3. The summed E-state index contributed by atoms with van der Waals surface area (Å²) in [6.45, 7) is 2.50. The molecule has 3 rings (SSSR count). The zero-order valence-electron chi connectivity index (χ0n) is 13.4. The molecule has 1 fully saturated rings. The Hall–Kier alpha value is -1.81. The van der Waals surface area contributed by atoms with E-state index in [0.717, 1.165) is 42.1 Å². The van der Waals surface area contributed by atoms with E-state index in [-0.39, 0.29) is 5.91 Å². The molecule has 0 aliphatic heterocycles. The lowest BCUT2D eigenvalue weighted by molar-refractivity contribution is -0.132. The zero-order chi connectivity index (χ0) is 15.7. The van der Waals surface area contributed by atoms with Crippen LogP contribution in [-0.4, -0.2) is 40.1 Å². The Bertz CT molecular complexity index is 683. The van der Waals surface area contributed by atoms with Crippen molar-refractivity contribution < 1.29 is 9.90 Å². The van der Waals surface area contributed by atoms with Gasteiger partial charge < -0.3 is 15.0 Å². The summed E-state index contributed by atoms with van der Waals surface area (Å²) >= 11 is 0. The van der Waals surface area contributed by atoms with Gasteiger partial charge in [0.1, 0.15) is 0 Å². The minimum absolute atomic E-state index is 0.0597. The number of aryl methyl sites for hydroxylation is 1. The van der Waals surface area contributed by atoms with Crippen LogP contribution in [-0.2, 0) is 11.2 Å². The molecule has 0 radical (unpaired) electrons. The lowest BCUT2D eigenvalue weighted by Gasteiger charge is -2.28. The van der Waals surface area contributed by atoms with Gasteiger partial charge in [-0.2, -0.15) is 0 Å². The molecule has 0 atom stereocenters. The Morgan fingerprint density at radius 1 is 1.36 bits per heavy atom. The van der Waals surface area contributed by atoms with Gasteiger partial charge in [-0.3, -0.25) is 4.79 Å². The van der Waals surface area contributed by atoms with E-state index in [4.69, 9.17) is 0 Å². The fourth-order valence-electron chi connectivity index (χ4n) is 3.61. The van der Waals surface area contributed by atoms with Crippen molar-refractivity contribution in [3.8, 4) is 0 Å². The van der Waals surface area contributed by atoms with Crippen LogP contribution < -0.4 is 0 Å². The lowest BCUT2D eigenvalue weighted by Crippen LogP contribution is -2.42. The van der Waals surface area contributed by atoms with Crippen LogP contribution in [0.15, 0.2) is 24.4 Å². The highest BCUT2D eigenvalue weighted by Crippen LogP contribution is 2.30. The summed E-state index contributed by atoms with van der Waals surface area (Å²) in [5.41, 5.74) is 2.60. The highest BCUT2D eigenvalue weighted by molar-refractivity contribution is 5.91. The number of benzene rings is 1. The third-order valence-electron chi connectivity index (χ3n) is 4.83. The van der Waals surface area contributed by atoms with Crippen molar-refractivity contribution in [1.82, 2.24) is 9.88 Å². The summed E-state index contributed by atoms with van der Waals surface area (Å²) < 4.78 is 0. The van der Waals surface area contributed by atoms with Crippen LogP contribution in [0, 0.1) is 6.92 Å². The molecule has 22 heavy (non-hydrogen) atoms. The monoisotopic (exact) mass is 300 g/mol. The number of fused-ring (bicyclic) bond motifs is 1. The molecule has 1 aromatic carbocycles. The predicted octanol–water partition coefficient (Wildman–Crippen LogP) is 2.78. The summed E-state index contributed by atoms with van der Waals surface area (Å²) in [6, 6.07) is 6.11. The maximum absolute atomic E-state index is 12.5. The number of rotatable bonds is 4. The van der Waals surface area contributed by atoms with Gasteiger partial charge in [-0.15, -0.1) is 0 Å². The van der Waals surface area contributed by atoms with Crippen LogP contribution in [0.25, 0.3) is 10.9 Å². The molecule has 1 amide bonds. The van der Waals surface area contributed by atoms with Crippen molar-refractivity contribution in [1.29, 1.82) is 0 Å². The maximum Gasteiger partial charge on any atom is 0.226 e. The van der Waals surface area contributed by atoms with Gasteiger partial charge in [0.05, 0.1) is 12.0 Å². The number of carbonyl (C=O) groups is 1. The molecule has 2 N–H and O–H groups in total. The van der Waals surface area contributed by atoms with E-state index in [1.54, 1.807) is 11.9 Å². The number of aromatic amines is 1. The number of nitrogens with zero attached hydrogens (tertiary/aromatic N) is 1. The molecule has 0 unspecified atom stereocenters. The first kappa shape index (κ1) is 15.1. The average molecular weight is 300 g/mol. The average Bonchev–Trinajstić information content (AvgIpc) is 3.07. The molecule has 1 aliphatic rings. The van der Waals surface area contributed by atoms with Crippen LogP contribution in [0.2, 0.25) is 0 Å². The molecule has 1 heterocycles. The van der Waals surface area contributed by atoms with Gasteiger partial charge in [-0.05, 0) is 37.0 Å².